The minimum Gasteiger partial charge on any atom is -0.356 e. The minimum atomic E-state index is 0.176. The van der Waals surface area contributed by atoms with Crippen LogP contribution in [0.4, 0.5) is 5.95 Å². The zero-order valence-corrected chi connectivity index (χ0v) is 17.5. The van der Waals surface area contributed by atoms with Crippen LogP contribution in [0.5, 0.6) is 0 Å². The molecule has 0 aliphatic carbocycles. The third-order valence-electron chi connectivity index (χ3n) is 5.49. The van der Waals surface area contributed by atoms with Gasteiger partial charge in [-0.25, -0.2) is 9.97 Å². The van der Waals surface area contributed by atoms with Gasteiger partial charge in [-0.1, -0.05) is 6.42 Å². The van der Waals surface area contributed by atoms with Crippen molar-refractivity contribution in [2.45, 2.75) is 25.7 Å². The Kier molecular flexibility index (Phi) is 8.48. The van der Waals surface area contributed by atoms with Crippen LogP contribution in [0.3, 0.4) is 0 Å². The van der Waals surface area contributed by atoms with Crippen molar-refractivity contribution in [2.24, 2.45) is 4.99 Å². The van der Waals surface area contributed by atoms with E-state index in [4.69, 9.17) is 0 Å². The van der Waals surface area contributed by atoms with Crippen LogP contribution in [0, 0.1) is 0 Å². The summed E-state index contributed by atoms with van der Waals surface area (Å²) in [6, 6.07) is 1.81. The first kappa shape index (κ1) is 21.3. The van der Waals surface area contributed by atoms with Gasteiger partial charge in [0.1, 0.15) is 0 Å². The van der Waals surface area contributed by atoms with E-state index < -0.39 is 0 Å². The molecule has 0 radical (unpaired) electrons. The van der Waals surface area contributed by atoms with Gasteiger partial charge >= 0.3 is 0 Å². The van der Waals surface area contributed by atoms with E-state index in [2.05, 4.69) is 35.4 Å². The topological polar surface area (TPSA) is 89.0 Å². The standard InChI is InChI=1S/C20H34N8O/c1-21-19(23-10-13-26-11-3-2-4-12-26)22-9-6-18(29)27-14-16-28(17-15-27)20-24-7-5-8-25-20/h5,7-8H,2-4,6,9-17H2,1H3,(H2,21,22,23). The Bertz CT molecular complexity index is 639. The van der Waals surface area contributed by atoms with Gasteiger partial charge in [0.2, 0.25) is 11.9 Å². The number of rotatable bonds is 7. The molecular formula is C20H34N8O. The predicted molar refractivity (Wildman–Crippen MR) is 115 cm³/mol. The smallest absolute Gasteiger partial charge is 0.225 e. The molecule has 0 atom stereocenters. The first-order valence-electron chi connectivity index (χ1n) is 10.7. The van der Waals surface area contributed by atoms with E-state index >= 15 is 0 Å². The fourth-order valence-corrected chi connectivity index (χ4v) is 3.79. The van der Waals surface area contributed by atoms with E-state index in [0.717, 1.165) is 38.1 Å². The summed E-state index contributed by atoms with van der Waals surface area (Å²) in [5, 5.41) is 6.60. The number of likely N-dealkylation sites (tertiary alicyclic amines) is 1. The Labute approximate surface area is 173 Å². The van der Waals surface area contributed by atoms with Crippen LogP contribution in [-0.4, -0.2) is 97.6 Å². The zero-order chi connectivity index (χ0) is 20.3. The summed E-state index contributed by atoms with van der Waals surface area (Å²) < 4.78 is 0. The van der Waals surface area contributed by atoms with E-state index in [9.17, 15) is 4.79 Å². The van der Waals surface area contributed by atoms with E-state index in [1.54, 1.807) is 19.4 Å². The van der Waals surface area contributed by atoms with Crippen molar-refractivity contribution in [3.63, 3.8) is 0 Å². The van der Waals surface area contributed by atoms with Gasteiger partial charge in [0, 0.05) is 71.7 Å². The van der Waals surface area contributed by atoms with E-state index in [1.807, 2.05) is 11.0 Å². The highest BCUT2D eigenvalue weighted by atomic mass is 16.2. The molecule has 2 aliphatic rings. The van der Waals surface area contributed by atoms with Gasteiger partial charge in [-0.3, -0.25) is 9.79 Å². The molecule has 2 N–H and O–H groups in total. The number of guanidine groups is 1. The fourth-order valence-electron chi connectivity index (χ4n) is 3.79. The van der Waals surface area contributed by atoms with Crippen molar-refractivity contribution in [1.82, 2.24) is 30.4 Å². The molecular weight excluding hydrogens is 368 g/mol. The monoisotopic (exact) mass is 402 g/mol. The van der Waals surface area contributed by atoms with Gasteiger partial charge < -0.3 is 25.3 Å². The van der Waals surface area contributed by atoms with E-state index in [1.165, 1.54) is 32.4 Å². The largest absolute Gasteiger partial charge is 0.356 e. The molecule has 160 valence electrons. The van der Waals surface area contributed by atoms with Crippen molar-refractivity contribution >= 4 is 17.8 Å². The lowest BCUT2D eigenvalue weighted by Gasteiger charge is -2.34. The number of amides is 1. The lowest BCUT2D eigenvalue weighted by Crippen LogP contribution is -2.50. The van der Waals surface area contributed by atoms with Gasteiger partial charge in [0.15, 0.2) is 5.96 Å². The minimum absolute atomic E-state index is 0.176. The molecule has 2 fully saturated rings. The number of piperazine rings is 1. The summed E-state index contributed by atoms with van der Waals surface area (Å²) in [7, 11) is 1.77. The Morgan fingerprint density at radius 1 is 1.00 bits per heavy atom. The highest BCUT2D eigenvalue weighted by Gasteiger charge is 2.22. The number of carbonyl (C=O) groups excluding carboxylic acids is 1. The van der Waals surface area contributed by atoms with E-state index in [-0.39, 0.29) is 5.91 Å². The number of anilines is 1. The molecule has 3 rings (SSSR count). The maximum atomic E-state index is 12.5. The van der Waals surface area contributed by atoms with Crippen LogP contribution in [0.15, 0.2) is 23.5 Å². The predicted octanol–water partition coefficient (Wildman–Crippen LogP) is 0.166. The van der Waals surface area contributed by atoms with Crippen molar-refractivity contribution in [3.05, 3.63) is 18.5 Å². The second-order valence-corrected chi connectivity index (χ2v) is 7.49. The van der Waals surface area contributed by atoms with Gasteiger partial charge in [-0.2, -0.15) is 0 Å². The first-order chi connectivity index (χ1) is 14.3. The molecule has 0 spiro atoms. The summed E-state index contributed by atoms with van der Waals surface area (Å²) in [5.74, 6) is 1.68. The lowest BCUT2D eigenvalue weighted by atomic mass is 10.1. The number of hydrogen-bond donors (Lipinski definition) is 2. The lowest BCUT2D eigenvalue weighted by molar-refractivity contribution is -0.131. The molecule has 9 heteroatoms. The average molecular weight is 403 g/mol. The number of aromatic nitrogens is 2. The third kappa shape index (κ3) is 6.85. The van der Waals surface area contributed by atoms with Crippen LogP contribution in [-0.2, 0) is 4.79 Å². The molecule has 2 saturated heterocycles. The highest BCUT2D eigenvalue weighted by molar-refractivity contribution is 5.81. The maximum Gasteiger partial charge on any atom is 0.225 e. The second kappa shape index (κ2) is 11.5. The number of nitrogens with zero attached hydrogens (tertiary/aromatic N) is 6. The van der Waals surface area contributed by atoms with Crippen LogP contribution >= 0.6 is 0 Å². The number of piperidine rings is 1. The van der Waals surface area contributed by atoms with Crippen LogP contribution in [0.1, 0.15) is 25.7 Å². The van der Waals surface area contributed by atoms with Gasteiger partial charge in [-0.15, -0.1) is 0 Å². The Morgan fingerprint density at radius 3 is 2.38 bits per heavy atom. The summed E-state index contributed by atoms with van der Waals surface area (Å²) in [5.41, 5.74) is 0. The van der Waals surface area contributed by atoms with Crippen LogP contribution < -0.4 is 15.5 Å². The highest BCUT2D eigenvalue weighted by Crippen LogP contribution is 2.10. The summed E-state index contributed by atoms with van der Waals surface area (Å²) in [6.45, 7) is 7.85. The molecule has 1 aromatic rings. The van der Waals surface area contributed by atoms with Gasteiger partial charge in [-0.05, 0) is 32.0 Å². The number of hydrogen-bond acceptors (Lipinski definition) is 6. The molecule has 0 saturated carbocycles. The Morgan fingerprint density at radius 2 is 1.69 bits per heavy atom. The fraction of sp³-hybridized carbons (Fsp3) is 0.700. The molecule has 2 aliphatic heterocycles. The first-order valence-corrected chi connectivity index (χ1v) is 10.7. The molecule has 0 unspecified atom stereocenters. The number of nitrogens with one attached hydrogen (secondary N) is 2. The molecule has 9 nitrogen and oxygen atoms in total. The third-order valence-corrected chi connectivity index (χ3v) is 5.49. The van der Waals surface area contributed by atoms with Crippen LogP contribution in [0.2, 0.25) is 0 Å². The summed E-state index contributed by atoms with van der Waals surface area (Å²) >= 11 is 0. The van der Waals surface area contributed by atoms with Gasteiger partial charge in [0.25, 0.3) is 0 Å². The second-order valence-electron chi connectivity index (χ2n) is 7.49. The molecule has 29 heavy (non-hydrogen) atoms. The van der Waals surface area contributed by atoms with Gasteiger partial charge in [0.05, 0.1) is 0 Å². The quantitative estimate of drug-likeness (QED) is 0.496. The number of carbonyl (C=O) groups is 1. The normalized spacial score (nSPS) is 18.6. The van der Waals surface area contributed by atoms with Crippen molar-refractivity contribution in [1.29, 1.82) is 0 Å². The van der Waals surface area contributed by atoms with E-state index in [0.29, 0.717) is 26.1 Å². The number of aliphatic imine (C=N–C) groups is 1. The molecule has 3 heterocycles. The molecule has 0 aromatic carbocycles. The summed E-state index contributed by atoms with van der Waals surface area (Å²) in [4.78, 5) is 31.9. The molecule has 1 amide bonds. The summed E-state index contributed by atoms with van der Waals surface area (Å²) in [6.07, 6.45) is 7.94. The zero-order valence-electron chi connectivity index (χ0n) is 17.5. The van der Waals surface area contributed by atoms with Crippen LogP contribution in [0.25, 0.3) is 0 Å². The Balaban J connectivity index is 1.29. The maximum absolute atomic E-state index is 12.5. The molecule has 1 aromatic heterocycles. The van der Waals surface area contributed by atoms with Crippen molar-refractivity contribution < 1.29 is 4.79 Å². The average Bonchev–Trinajstić information content (AvgIpc) is 2.79. The molecule has 0 bridgehead atoms. The Hall–Kier alpha value is -2.42. The van der Waals surface area contributed by atoms with Crippen molar-refractivity contribution in [3.8, 4) is 0 Å². The van der Waals surface area contributed by atoms with Crippen molar-refractivity contribution in [2.75, 3.05) is 70.9 Å². The SMILES string of the molecule is CN=C(NCCC(=O)N1CCN(c2ncccn2)CC1)NCCN1CCCCC1.